The number of carboxylic acid groups (broad SMARTS) is 1. The first-order chi connectivity index (χ1) is 9.65. The molecular formula is C15H21NO4. The highest BCUT2D eigenvalue weighted by Crippen LogP contribution is 2.34. The molecule has 1 aliphatic heterocycles. The van der Waals surface area contributed by atoms with Crippen LogP contribution in [0, 0.1) is 0 Å². The highest BCUT2D eigenvalue weighted by molar-refractivity contribution is 5.89. The molecule has 0 spiro atoms. The largest absolute Gasteiger partial charge is 0.493 e. The molecule has 1 saturated heterocycles. The Kier molecular flexibility index (Phi) is 4.84. The van der Waals surface area contributed by atoms with E-state index in [1.165, 1.54) is 26.0 Å². The van der Waals surface area contributed by atoms with Crippen molar-refractivity contribution in [3.05, 3.63) is 23.3 Å². The number of aromatic carboxylic acids is 1. The monoisotopic (exact) mass is 279 g/mol. The average Bonchev–Trinajstić information content (AvgIpc) is 2.47. The summed E-state index contributed by atoms with van der Waals surface area (Å²) in [7, 11) is 3.10. The highest BCUT2D eigenvalue weighted by Gasteiger charge is 2.20. The smallest absolute Gasteiger partial charge is 0.335 e. The maximum atomic E-state index is 11.2. The molecule has 1 aliphatic rings. The van der Waals surface area contributed by atoms with E-state index in [0.717, 1.165) is 24.9 Å². The number of ether oxygens (including phenoxy) is 2. The van der Waals surface area contributed by atoms with Gasteiger partial charge in [-0.25, -0.2) is 4.79 Å². The fourth-order valence-electron chi connectivity index (χ4n) is 2.68. The second-order valence-corrected chi connectivity index (χ2v) is 5.03. The zero-order chi connectivity index (χ0) is 14.5. The Balaban J connectivity index is 2.32. The molecule has 0 bridgehead atoms. The Bertz CT molecular complexity index is 481. The van der Waals surface area contributed by atoms with Gasteiger partial charge in [0.25, 0.3) is 0 Å². The van der Waals surface area contributed by atoms with Crippen molar-refractivity contribution in [1.82, 2.24) is 5.32 Å². The van der Waals surface area contributed by atoms with E-state index in [4.69, 9.17) is 9.47 Å². The van der Waals surface area contributed by atoms with Crippen LogP contribution in [0.25, 0.3) is 0 Å². The molecule has 1 fully saturated rings. The molecule has 1 heterocycles. The first kappa shape index (κ1) is 14.7. The van der Waals surface area contributed by atoms with E-state index in [9.17, 15) is 9.90 Å². The minimum atomic E-state index is -0.955. The van der Waals surface area contributed by atoms with Crippen LogP contribution in [0.2, 0.25) is 0 Å². The second kappa shape index (κ2) is 6.61. The van der Waals surface area contributed by atoms with Gasteiger partial charge in [0, 0.05) is 11.6 Å². The lowest BCUT2D eigenvalue weighted by molar-refractivity contribution is 0.0696. The van der Waals surface area contributed by atoms with Crippen LogP contribution in [0.3, 0.4) is 0 Å². The van der Waals surface area contributed by atoms with Gasteiger partial charge in [-0.1, -0.05) is 6.42 Å². The van der Waals surface area contributed by atoms with Gasteiger partial charge in [-0.2, -0.15) is 0 Å². The van der Waals surface area contributed by atoms with E-state index in [-0.39, 0.29) is 5.56 Å². The van der Waals surface area contributed by atoms with Crippen LogP contribution in [-0.2, 0) is 6.42 Å². The normalized spacial score (nSPS) is 18.6. The Morgan fingerprint density at radius 1 is 1.35 bits per heavy atom. The number of rotatable bonds is 5. The standard InChI is InChI=1S/C15H21NO4/c1-19-13-9-11(15(17)18)7-10(14(13)20-2)8-12-5-3-4-6-16-12/h7,9,12,16H,3-6,8H2,1-2H3,(H,17,18). The van der Waals surface area contributed by atoms with Gasteiger partial charge in [0.05, 0.1) is 19.8 Å². The van der Waals surface area contributed by atoms with E-state index in [1.54, 1.807) is 13.2 Å². The van der Waals surface area contributed by atoms with Crippen molar-refractivity contribution in [2.45, 2.75) is 31.7 Å². The van der Waals surface area contributed by atoms with E-state index in [0.29, 0.717) is 17.5 Å². The molecule has 20 heavy (non-hydrogen) atoms. The number of methoxy groups -OCH3 is 2. The minimum Gasteiger partial charge on any atom is -0.493 e. The molecule has 1 aromatic carbocycles. The van der Waals surface area contributed by atoms with Crippen LogP contribution in [0.5, 0.6) is 11.5 Å². The molecule has 5 nitrogen and oxygen atoms in total. The molecule has 0 radical (unpaired) electrons. The van der Waals surface area contributed by atoms with Crippen LogP contribution in [0.15, 0.2) is 12.1 Å². The third kappa shape index (κ3) is 3.22. The zero-order valence-electron chi connectivity index (χ0n) is 11.9. The molecule has 0 amide bonds. The van der Waals surface area contributed by atoms with Gasteiger partial charge in [0.15, 0.2) is 11.5 Å². The summed E-state index contributed by atoms with van der Waals surface area (Å²) in [6.45, 7) is 1.02. The fraction of sp³-hybridized carbons (Fsp3) is 0.533. The Labute approximate surface area is 118 Å². The van der Waals surface area contributed by atoms with Crippen molar-refractivity contribution in [2.75, 3.05) is 20.8 Å². The van der Waals surface area contributed by atoms with Crippen LogP contribution in [0.4, 0.5) is 0 Å². The lowest BCUT2D eigenvalue weighted by Gasteiger charge is -2.24. The summed E-state index contributed by atoms with van der Waals surface area (Å²) < 4.78 is 10.6. The number of hydrogen-bond acceptors (Lipinski definition) is 4. The summed E-state index contributed by atoms with van der Waals surface area (Å²) in [4.78, 5) is 11.2. The van der Waals surface area contributed by atoms with Crippen molar-refractivity contribution in [1.29, 1.82) is 0 Å². The molecule has 0 aromatic heterocycles. The molecule has 0 aliphatic carbocycles. The first-order valence-electron chi connectivity index (χ1n) is 6.87. The highest BCUT2D eigenvalue weighted by atomic mass is 16.5. The van der Waals surface area contributed by atoms with Crippen LogP contribution in [-0.4, -0.2) is 37.9 Å². The Morgan fingerprint density at radius 2 is 2.15 bits per heavy atom. The van der Waals surface area contributed by atoms with Gasteiger partial charge in [0.1, 0.15) is 0 Å². The van der Waals surface area contributed by atoms with Gasteiger partial charge in [-0.15, -0.1) is 0 Å². The first-order valence-corrected chi connectivity index (χ1v) is 6.87. The summed E-state index contributed by atoms with van der Waals surface area (Å²) in [5.74, 6) is 0.145. The van der Waals surface area contributed by atoms with Gasteiger partial charge in [-0.05, 0) is 37.9 Å². The van der Waals surface area contributed by atoms with E-state index in [2.05, 4.69) is 5.32 Å². The fourth-order valence-corrected chi connectivity index (χ4v) is 2.68. The number of benzene rings is 1. The van der Waals surface area contributed by atoms with E-state index >= 15 is 0 Å². The molecule has 2 rings (SSSR count). The van der Waals surface area contributed by atoms with Gasteiger partial charge in [-0.3, -0.25) is 0 Å². The average molecular weight is 279 g/mol. The number of nitrogens with one attached hydrogen (secondary N) is 1. The molecule has 1 unspecified atom stereocenters. The van der Waals surface area contributed by atoms with Gasteiger partial charge < -0.3 is 19.9 Å². The molecule has 1 atom stereocenters. The zero-order valence-corrected chi connectivity index (χ0v) is 11.9. The molecule has 0 saturated carbocycles. The third-order valence-electron chi connectivity index (χ3n) is 3.68. The van der Waals surface area contributed by atoms with Crippen molar-refractivity contribution in [2.24, 2.45) is 0 Å². The number of carbonyl (C=O) groups is 1. The summed E-state index contributed by atoms with van der Waals surface area (Å²) in [5, 5.41) is 12.6. The lowest BCUT2D eigenvalue weighted by Crippen LogP contribution is -2.35. The minimum absolute atomic E-state index is 0.230. The quantitative estimate of drug-likeness (QED) is 0.864. The van der Waals surface area contributed by atoms with E-state index < -0.39 is 5.97 Å². The van der Waals surface area contributed by atoms with Gasteiger partial charge >= 0.3 is 5.97 Å². The summed E-state index contributed by atoms with van der Waals surface area (Å²) in [6, 6.07) is 3.55. The predicted molar refractivity (Wildman–Crippen MR) is 75.9 cm³/mol. The summed E-state index contributed by atoms with van der Waals surface area (Å²) in [6.07, 6.45) is 4.26. The Hall–Kier alpha value is -1.75. The van der Waals surface area contributed by atoms with Crippen LogP contribution >= 0.6 is 0 Å². The summed E-state index contributed by atoms with van der Waals surface area (Å²) in [5.41, 5.74) is 1.11. The number of piperidine rings is 1. The van der Waals surface area contributed by atoms with Crippen LogP contribution < -0.4 is 14.8 Å². The van der Waals surface area contributed by atoms with Gasteiger partial charge in [0.2, 0.25) is 0 Å². The number of carboxylic acids is 1. The predicted octanol–water partition coefficient (Wildman–Crippen LogP) is 2.09. The molecule has 110 valence electrons. The number of hydrogen-bond donors (Lipinski definition) is 2. The van der Waals surface area contributed by atoms with Crippen molar-refractivity contribution in [3.63, 3.8) is 0 Å². The maximum Gasteiger partial charge on any atom is 0.335 e. The molecular weight excluding hydrogens is 258 g/mol. The van der Waals surface area contributed by atoms with E-state index in [1.807, 2.05) is 0 Å². The maximum absolute atomic E-state index is 11.2. The molecule has 2 N–H and O–H groups in total. The molecule has 1 aromatic rings. The van der Waals surface area contributed by atoms with Crippen LogP contribution in [0.1, 0.15) is 35.2 Å². The second-order valence-electron chi connectivity index (χ2n) is 5.03. The van der Waals surface area contributed by atoms with Crippen molar-refractivity contribution < 1.29 is 19.4 Å². The topological polar surface area (TPSA) is 67.8 Å². The summed E-state index contributed by atoms with van der Waals surface area (Å²) >= 11 is 0. The SMILES string of the molecule is COc1cc(C(=O)O)cc(CC2CCCCN2)c1OC. The lowest BCUT2D eigenvalue weighted by atomic mass is 9.96. The third-order valence-corrected chi connectivity index (χ3v) is 3.68. The van der Waals surface area contributed by atoms with Crippen molar-refractivity contribution in [3.8, 4) is 11.5 Å². The Morgan fingerprint density at radius 3 is 2.70 bits per heavy atom. The van der Waals surface area contributed by atoms with Crippen molar-refractivity contribution >= 4 is 5.97 Å². The molecule has 5 heteroatoms.